The van der Waals surface area contributed by atoms with Gasteiger partial charge in [-0.05, 0) is 56.1 Å². The molecule has 0 saturated heterocycles. The summed E-state index contributed by atoms with van der Waals surface area (Å²) in [5.41, 5.74) is 1.21. The van der Waals surface area contributed by atoms with Crippen molar-refractivity contribution in [3.05, 3.63) is 39.3 Å². The Balaban J connectivity index is 2.84. The highest BCUT2D eigenvalue weighted by Crippen LogP contribution is 2.34. The third-order valence-corrected chi connectivity index (χ3v) is 3.16. The Labute approximate surface area is 113 Å². The number of ether oxygens (including phenoxy) is 1. The number of hydrogen-bond donors (Lipinski definition) is 1. The minimum absolute atomic E-state index is 0.504. The molecule has 0 saturated carbocycles. The maximum atomic E-state index is 5.54. The second-order valence-corrected chi connectivity index (χ2v) is 4.98. The van der Waals surface area contributed by atoms with Crippen LogP contribution in [0.15, 0.2) is 33.7 Å². The van der Waals surface area contributed by atoms with E-state index in [4.69, 9.17) is 4.74 Å². The van der Waals surface area contributed by atoms with E-state index in [0.717, 1.165) is 27.8 Å². The molecule has 2 nitrogen and oxygen atoms in total. The zero-order valence-corrected chi connectivity index (χ0v) is 12.4. The normalized spacial score (nSPS) is 10.2. The van der Waals surface area contributed by atoms with Crippen molar-refractivity contribution in [2.75, 3.05) is 13.2 Å². The molecule has 16 heavy (non-hydrogen) atoms. The lowest BCUT2D eigenvalue weighted by Crippen LogP contribution is -2.11. The molecule has 0 atom stereocenters. The van der Waals surface area contributed by atoms with Crippen LogP contribution in [0.2, 0.25) is 0 Å². The smallest absolute Gasteiger partial charge is 0.148 e. The van der Waals surface area contributed by atoms with Gasteiger partial charge in [0.05, 0.1) is 8.95 Å². The Bertz CT molecular complexity index is 343. The summed E-state index contributed by atoms with van der Waals surface area (Å²) in [5, 5.41) is 3.28. The van der Waals surface area contributed by atoms with Crippen LogP contribution in [0.3, 0.4) is 0 Å². The van der Waals surface area contributed by atoms with E-state index >= 15 is 0 Å². The molecule has 88 valence electrons. The minimum atomic E-state index is 0.504. The van der Waals surface area contributed by atoms with Crippen molar-refractivity contribution in [2.24, 2.45) is 0 Å². The molecule has 0 heterocycles. The standard InChI is InChI=1S/C12H15Br2NO/c1-3-5-16-12-10(13)6-9(7-11(12)14)8-15-4-2/h3,6-7,15H,1,4-5,8H2,2H3. The first-order valence-electron chi connectivity index (χ1n) is 5.11. The van der Waals surface area contributed by atoms with Gasteiger partial charge in [0.2, 0.25) is 0 Å². The fourth-order valence-corrected chi connectivity index (χ4v) is 2.77. The van der Waals surface area contributed by atoms with Gasteiger partial charge >= 0.3 is 0 Å². The topological polar surface area (TPSA) is 21.3 Å². The number of hydrogen-bond acceptors (Lipinski definition) is 2. The highest BCUT2D eigenvalue weighted by atomic mass is 79.9. The lowest BCUT2D eigenvalue weighted by molar-refractivity contribution is 0.358. The molecule has 0 aliphatic carbocycles. The minimum Gasteiger partial charge on any atom is -0.487 e. The molecular formula is C12H15Br2NO. The molecule has 1 N–H and O–H groups in total. The zero-order valence-electron chi connectivity index (χ0n) is 9.22. The first-order valence-corrected chi connectivity index (χ1v) is 6.70. The molecule has 0 unspecified atom stereocenters. The van der Waals surface area contributed by atoms with Crippen molar-refractivity contribution in [2.45, 2.75) is 13.5 Å². The molecule has 0 fully saturated rings. The van der Waals surface area contributed by atoms with E-state index in [0.29, 0.717) is 6.61 Å². The molecule has 0 aromatic heterocycles. The van der Waals surface area contributed by atoms with Crippen molar-refractivity contribution in [1.29, 1.82) is 0 Å². The van der Waals surface area contributed by atoms with Gasteiger partial charge in [-0.1, -0.05) is 19.6 Å². The molecule has 0 amide bonds. The molecule has 0 aliphatic rings. The number of benzene rings is 1. The number of rotatable bonds is 6. The van der Waals surface area contributed by atoms with Gasteiger partial charge < -0.3 is 10.1 Å². The van der Waals surface area contributed by atoms with Crippen LogP contribution in [-0.2, 0) is 6.54 Å². The highest BCUT2D eigenvalue weighted by Gasteiger charge is 2.08. The van der Waals surface area contributed by atoms with Gasteiger partial charge in [0.15, 0.2) is 0 Å². The number of halogens is 2. The van der Waals surface area contributed by atoms with Crippen LogP contribution in [0.4, 0.5) is 0 Å². The average Bonchev–Trinajstić information content (AvgIpc) is 2.25. The van der Waals surface area contributed by atoms with E-state index in [2.05, 4.69) is 62.8 Å². The average molecular weight is 349 g/mol. The summed E-state index contributed by atoms with van der Waals surface area (Å²) < 4.78 is 7.45. The highest BCUT2D eigenvalue weighted by molar-refractivity contribution is 9.11. The Morgan fingerprint density at radius 2 is 2.00 bits per heavy atom. The van der Waals surface area contributed by atoms with E-state index in [9.17, 15) is 0 Å². The van der Waals surface area contributed by atoms with Gasteiger partial charge in [-0.3, -0.25) is 0 Å². The van der Waals surface area contributed by atoms with Crippen molar-refractivity contribution >= 4 is 31.9 Å². The van der Waals surface area contributed by atoms with Gasteiger partial charge in [-0.2, -0.15) is 0 Å². The molecule has 1 aromatic rings. The fourth-order valence-electron chi connectivity index (χ4n) is 1.26. The maximum absolute atomic E-state index is 5.54. The third-order valence-electron chi connectivity index (χ3n) is 1.98. The van der Waals surface area contributed by atoms with E-state index in [1.165, 1.54) is 5.56 Å². The maximum Gasteiger partial charge on any atom is 0.148 e. The van der Waals surface area contributed by atoms with Crippen LogP contribution < -0.4 is 10.1 Å². The number of nitrogens with one attached hydrogen (secondary N) is 1. The lowest BCUT2D eigenvalue weighted by Gasteiger charge is -2.11. The quantitative estimate of drug-likeness (QED) is 0.787. The van der Waals surface area contributed by atoms with Crippen LogP contribution in [-0.4, -0.2) is 13.2 Å². The summed E-state index contributed by atoms with van der Waals surface area (Å²) in [6, 6.07) is 4.12. The predicted molar refractivity (Wildman–Crippen MR) is 74.9 cm³/mol. The Morgan fingerprint density at radius 1 is 1.38 bits per heavy atom. The predicted octanol–water partition coefficient (Wildman–Crippen LogP) is 3.89. The molecule has 0 aliphatic heterocycles. The Hall–Kier alpha value is -0.320. The van der Waals surface area contributed by atoms with Gasteiger partial charge in [-0.15, -0.1) is 0 Å². The van der Waals surface area contributed by atoms with E-state index in [1.54, 1.807) is 6.08 Å². The van der Waals surface area contributed by atoms with E-state index in [-0.39, 0.29) is 0 Å². The zero-order chi connectivity index (χ0) is 12.0. The molecule has 0 bridgehead atoms. The van der Waals surface area contributed by atoms with Gasteiger partial charge in [-0.25, -0.2) is 0 Å². The Morgan fingerprint density at radius 3 is 2.50 bits per heavy atom. The second-order valence-electron chi connectivity index (χ2n) is 3.27. The molecular weight excluding hydrogens is 334 g/mol. The van der Waals surface area contributed by atoms with E-state index < -0.39 is 0 Å². The molecule has 0 spiro atoms. The van der Waals surface area contributed by atoms with Crippen molar-refractivity contribution in [3.8, 4) is 5.75 Å². The first kappa shape index (κ1) is 13.7. The Kier molecular flexibility index (Phi) is 6.09. The van der Waals surface area contributed by atoms with Crippen LogP contribution >= 0.6 is 31.9 Å². The summed E-state index contributed by atoms with van der Waals surface area (Å²) in [6.07, 6.45) is 1.73. The lowest BCUT2D eigenvalue weighted by atomic mass is 10.2. The van der Waals surface area contributed by atoms with Crippen LogP contribution in [0.25, 0.3) is 0 Å². The van der Waals surface area contributed by atoms with Crippen LogP contribution in [0, 0.1) is 0 Å². The van der Waals surface area contributed by atoms with Crippen molar-refractivity contribution in [1.82, 2.24) is 5.32 Å². The molecule has 1 aromatic carbocycles. The largest absolute Gasteiger partial charge is 0.487 e. The summed E-state index contributed by atoms with van der Waals surface area (Å²) in [4.78, 5) is 0. The van der Waals surface area contributed by atoms with Crippen molar-refractivity contribution < 1.29 is 4.74 Å². The van der Waals surface area contributed by atoms with Gasteiger partial charge in [0, 0.05) is 6.54 Å². The SMILES string of the molecule is C=CCOc1c(Br)cc(CNCC)cc1Br. The summed E-state index contributed by atoms with van der Waals surface area (Å²) >= 11 is 7.01. The van der Waals surface area contributed by atoms with Gasteiger partial charge in [0.25, 0.3) is 0 Å². The first-order chi connectivity index (χ1) is 7.69. The second kappa shape index (κ2) is 7.09. The molecule has 0 radical (unpaired) electrons. The molecule has 1 rings (SSSR count). The van der Waals surface area contributed by atoms with Gasteiger partial charge in [0.1, 0.15) is 12.4 Å². The fraction of sp³-hybridized carbons (Fsp3) is 0.333. The third kappa shape index (κ3) is 3.92. The summed E-state index contributed by atoms with van der Waals surface area (Å²) in [5.74, 6) is 0.820. The van der Waals surface area contributed by atoms with Crippen LogP contribution in [0.5, 0.6) is 5.75 Å². The van der Waals surface area contributed by atoms with E-state index in [1.807, 2.05) is 0 Å². The monoisotopic (exact) mass is 347 g/mol. The van der Waals surface area contributed by atoms with Crippen molar-refractivity contribution in [3.63, 3.8) is 0 Å². The summed E-state index contributed by atoms with van der Waals surface area (Å²) in [6.45, 7) is 8.04. The van der Waals surface area contributed by atoms with Crippen LogP contribution in [0.1, 0.15) is 12.5 Å². The summed E-state index contributed by atoms with van der Waals surface area (Å²) in [7, 11) is 0. The molecule has 4 heteroatoms.